The molecule has 0 aromatic heterocycles. The Kier molecular flexibility index (Phi) is 4.03. The minimum Gasteiger partial charge on any atom is -0.448 e. The molecule has 0 bridgehead atoms. The third kappa shape index (κ3) is 3.23. The van der Waals surface area contributed by atoms with Gasteiger partial charge in [-0.25, -0.2) is 0 Å². The van der Waals surface area contributed by atoms with Crippen molar-refractivity contribution in [2.45, 2.75) is 50.4 Å². The maximum Gasteiger partial charge on any atom is 0.251 e. The van der Waals surface area contributed by atoms with Crippen molar-refractivity contribution >= 4 is 23.0 Å². The number of hydrogen-bond acceptors (Lipinski definition) is 4. The molecule has 1 saturated heterocycles. The summed E-state index contributed by atoms with van der Waals surface area (Å²) < 4.78 is 17.7. The van der Waals surface area contributed by atoms with Crippen LogP contribution in [0.2, 0.25) is 0 Å². The summed E-state index contributed by atoms with van der Waals surface area (Å²) >= 11 is 5.35. The van der Waals surface area contributed by atoms with Gasteiger partial charge in [-0.15, -0.1) is 0 Å². The van der Waals surface area contributed by atoms with Crippen LogP contribution in [-0.4, -0.2) is 30.2 Å². The summed E-state index contributed by atoms with van der Waals surface area (Å²) in [5.74, 6) is 1.22. The average Bonchev–Trinajstić information content (AvgIpc) is 3.26. The number of fused-ring (bicyclic) bond motifs is 1. The third-order valence-corrected chi connectivity index (χ3v) is 4.92. The lowest BCUT2D eigenvalue weighted by Crippen LogP contribution is -2.34. The molecule has 124 valence electrons. The lowest BCUT2D eigenvalue weighted by molar-refractivity contribution is -0.0716. The number of hydrogen-bond donors (Lipinski definition) is 2. The van der Waals surface area contributed by atoms with Crippen LogP contribution in [-0.2, 0) is 4.74 Å². The summed E-state index contributed by atoms with van der Waals surface area (Å²) in [5.41, 5.74) is 0.909. The van der Waals surface area contributed by atoms with Crippen molar-refractivity contribution in [1.29, 1.82) is 0 Å². The molecule has 1 atom stereocenters. The van der Waals surface area contributed by atoms with Gasteiger partial charge in [-0.05, 0) is 50.0 Å². The van der Waals surface area contributed by atoms with E-state index >= 15 is 0 Å². The van der Waals surface area contributed by atoms with Gasteiger partial charge in [0, 0.05) is 37.7 Å². The van der Waals surface area contributed by atoms with E-state index in [1.54, 1.807) is 0 Å². The number of rotatable bonds is 3. The van der Waals surface area contributed by atoms with Gasteiger partial charge in [0.2, 0.25) is 0 Å². The first-order chi connectivity index (χ1) is 11.2. The van der Waals surface area contributed by atoms with Gasteiger partial charge in [-0.1, -0.05) is 0 Å². The highest BCUT2D eigenvalue weighted by Crippen LogP contribution is 2.47. The number of anilines is 1. The second-order valence-corrected chi connectivity index (χ2v) is 6.86. The Balaban J connectivity index is 1.34. The van der Waals surface area contributed by atoms with E-state index in [1.807, 2.05) is 18.2 Å². The average molecular weight is 334 g/mol. The predicted octanol–water partition coefficient (Wildman–Crippen LogP) is 3.19. The zero-order chi connectivity index (χ0) is 15.7. The molecule has 2 fully saturated rings. The Bertz CT molecular complexity index is 596. The first-order valence-electron chi connectivity index (χ1n) is 8.41. The van der Waals surface area contributed by atoms with E-state index in [9.17, 15) is 0 Å². The molecule has 4 rings (SSSR count). The second kappa shape index (κ2) is 6.17. The van der Waals surface area contributed by atoms with E-state index < -0.39 is 5.79 Å². The van der Waals surface area contributed by atoms with Crippen LogP contribution >= 0.6 is 12.2 Å². The molecule has 2 N–H and O–H groups in total. The molecular formula is C17H22N2O3S. The second-order valence-electron chi connectivity index (χ2n) is 6.45. The van der Waals surface area contributed by atoms with Gasteiger partial charge in [-0.3, -0.25) is 0 Å². The van der Waals surface area contributed by atoms with Gasteiger partial charge in [0.25, 0.3) is 5.79 Å². The number of nitrogens with one attached hydrogen (secondary N) is 2. The maximum atomic E-state index is 6.07. The Labute approximate surface area is 141 Å². The monoisotopic (exact) mass is 334 g/mol. The summed E-state index contributed by atoms with van der Waals surface area (Å²) in [6.45, 7) is 1.61. The highest BCUT2D eigenvalue weighted by molar-refractivity contribution is 7.80. The fraction of sp³-hybridized carbons (Fsp3) is 0.588. The van der Waals surface area contributed by atoms with E-state index in [0.29, 0.717) is 5.11 Å². The molecule has 1 aromatic carbocycles. The zero-order valence-corrected chi connectivity index (χ0v) is 13.9. The molecule has 0 radical (unpaired) electrons. The van der Waals surface area contributed by atoms with Crippen molar-refractivity contribution in [2.75, 3.05) is 18.5 Å². The predicted molar refractivity (Wildman–Crippen MR) is 92.1 cm³/mol. The molecule has 2 aliphatic heterocycles. The van der Waals surface area contributed by atoms with Crippen molar-refractivity contribution < 1.29 is 14.2 Å². The lowest BCUT2D eigenvalue weighted by atomic mass is 10.2. The highest BCUT2D eigenvalue weighted by Gasteiger charge is 2.44. The van der Waals surface area contributed by atoms with Crippen molar-refractivity contribution in [1.82, 2.24) is 5.32 Å². The molecule has 1 aliphatic carbocycles. The smallest absolute Gasteiger partial charge is 0.251 e. The normalized spacial score (nSPS) is 24.1. The van der Waals surface area contributed by atoms with Crippen molar-refractivity contribution in [2.24, 2.45) is 0 Å². The minimum absolute atomic E-state index is 0.272. The summed E-state index contributed by atoms with van der Waals surface area (Å²) in [6.07, 6.45) is 6.76. The van der Waals surface area contributed by atoms with Gasteiger partial charge in [0.15, 0.2) is 16.6 Å². The largest absolute Gasteiger partial charge is 0.448 e. The van der Waals surface area contributed by atoms with Gasteiger partial charge < -0.3 is 24.8 Å². The first-order valence-corrected chi connectivity index (χ1v) is 8.82. The van der Waals surface area contributed by atoms with Crippen LogP contribution < -0.4 is 20.1 Å². The van der Waals surface area contributed by atoms with Crippen LogP contribution in [0, 0.1) is 0 Å². The van der Waals surface area contributed by atoms with Crippen LogP contribution in [0.1, 0.15) is 38.5 Å². The molecule has 1 saturated carbocycles. The standard InChI is InChI=1S/C17H22N2O3S/c23-16(18-11-13-4-3-9-20-13)19-12-5-6-14-15(10-12)22-17(21-14)7-1-2-8-17/h5-6,10,13H,1-4,7-9,11H2,(H2,18,19,23). The summed E-state index contributed by atoms with van der Waals surface area (Å²) in [4.78, 5) is 0. The summed E-state index contributed by atoms with van der Waals surface area (Å²) in [6, 6.07) is 5.88. The number of benzene rings is 1. The SMILES string of the molecule is S=C(NCC1CCCO1)Nc1ccc2c(c1)OC1(CCCC1)O2. The Morgan fingerprint density at radius 3 is 2.78 bits per heavy atom. The van der Waals surface area contributed by atoms with E-state index in [2.05, 4.69) is 10.6 Å². The molecule has 5 nitrogen and oxygen atoms in total. The molecule has 3 aliphatic rings. The van der Waals surface area contributed by atoms with E-state index in [4.69, 9.17) is 26.4 Å². The lowest BCUT2D eigenvalue weighted by Gasteiger charge is -2.21. The molecule has 0 amide bonds. The molecule has 1 spiro atoms. The van der Waals surface area contributed by atoms with Gasteiger partial charge >= 0.3 is 0 Å². The van der Waals surface area contributed by atoms with Crippen molar-refractivity contribution in [3.63, 3.8) is 0 Å². The Hall–Kier alpha value is -1.53. The van der Waals surface area contributed by atoms with Crippen LogP contribution in [0.4, 0.5) is 5.69 Å². The number of thiocarbonyl (C=S) groups is 1. The zero-order valence-electron chi connectivity index (χ0n) is 13.1. The molecule has 6 heteroatoms. The van der Waals surface area contributed by atoms with Crippen molar-refractivity contribution in [3.05, 3.63) is 18.2 Å². The fourth-order valence-electron chi connectivity index (χ4n) is 3.48. The van der Waals surface area contributed by atoms with E-state index in [1.165, 1.54) is 0 Å². The Morgan fingerprint density at radius 2 is 2.00 bits per heavy atom. The maximum absolute atomic E-state index is 6.07. The number of ether oxygens (including phenoxy) is 3. The summed E-state index contributed by atoms with van der Waals surface area (Å²) in [7, 11) is 0. The van der Waals surface area contributed by atoms with E-state index in [-0.39, 0.29) is 6.10 Å². The van der Waals surface area contributed by atoms with Crippen LogP contribution in [0.5, 0.6) is 11.5 Å². The van der Waals surface area contributed by atoms with Crippen LogP contribution in [0.15, 0.2) is 18.2 Å². The van der Waals surface area contributed by atoms with Gasteiger partial charge in [-0.2, -0.15) is 0 Å². The molecular weight excluding hydrogens is 312 g/mol. The molecule has 1 unspecified atom stereocenters. The quantitative estimate of drug-likeness (QED) is 0.828. The fourth-order valence-corrected chi connectivity index (χ4v) is 3.68. The van der Waals surface area contributed by atoms with E-state index in [0.717, 1.165) is 68.9 Å². The van der Waals surface area contributed by atoms with Crippen molar-refractivity contribution in [3.8, 4) is 11.5 Å². The van der Waals surface area contributed by atoms with Gasteiger partial charge in [0.1, 0.15) is 0 Å². The Morgan fingerprint density at radius 1 is 1.17 bits per heavy atom. The molecule has 2 heterocycles. The first kappa shape index (κ1) is 15.0. The summed E-state index contributed by atoms with van der Waals surface area (Å²) in [5, 5.41) is 7.02. The van der Waals surface area contributed by atoms with Gasteiger partial charge in [0.05, 0.1) is 6.10 Å². The topological polar surface area (TPSA) is 51.8 Å². The van der Waals surface area contributed by atoms with Crippen LogP contribution in [0.3, 0.4) is 0 Å². The molecule has 1 aromatic rings. The molecule has 23 heavy (non-hydrogen) atoms. The third-order valence-electron chi connectivity index (χ3n) is 4.67. The minimum atomic E-state index is -0.417. The van der Waals surface area contributed by atoms with Crippen LogP contribution in [0.25, 0.3) is 0 Å². The highest BCUT2D eigenvalue weighted by atomic mass is 32.1.